The minimum Gasteiger partial charge on any atom is -0.392 e. The van der Waals surface area contributed by atoms with Gasteiger partial charge in [-0.05, 0) is 37.1 Å². The summed E-state index contributed by atoms with van der Waals surface area (Å²) in [5, 5.41) is 8.98. The van der Waals surface area contributed by atoms with Gasteiger partial charge in [0, 0.05) is 9.75 Å². The Hall–Kier alpha value is -1.21. The summed E-state index contributed by atoms with van der Waals surface area (Å²) in [6.45, 7) is 3.80. The van der Waals surface area contributed by atoms with E-state index in [1.807, 2.05) is 26.0 Å². The van der Waals surface area contributed by atoms with Crippen LogP contribution in [-0.4, -0.2) is 13.5 Å². The van der Waals surface area contributed by atoms with Crippen molar-refractivity contribution in [3.05, 3.63) is 57.3 Å². The van der Waals surface area contributed by atoms with E-state index in [0.29, 0.717) is 5.56 Å². The van der Waals surface area contributed by atoms with Gasteiger partial charge in [-0.1, -0.05) is 24.3 Å². The molecule has 2 rings (SSSR count). The second kappa shape index (κ2) is 6.70. The number of hydrogen-bond acceptors (Lipinski definition) is 4. The zero-order valence-corrected chi connectivity index (χ0v) is 13.7. The number of nitrogens with one attached hydrogen (secondary N) is 1. The SMILES string of the molecule is Cc1ccc(C(C)NS(=O)(=O)Cc2ccc(CO)cc2)s1. The van der Waals surface area contributed by atoms with Gasteiger partial charge in [0.05, 0.1) is 18.4 Å². The first-order valence-corrected chi connectivity index (χ1v) is 9.11. The molecule has 0 aliphatic carbocycles. The molecule has 0 saturated carbocycles. The summed E-state index contributed by atoms with van der Waals surface area (Å²) in [6.07, 6.45) is 0. The predicted molar refractivity (Wildman–Crippen MR) is 85.6 cm³/mol. The van der Waals surface area contributed by atoms with Gasteiger partial charge in [-0.25, -0.2) is 13.1 Å². The number of rotatable bonds is 6. The minimum atomic E-state index is -3.40. The first-order valence-electron chi connectivity index (χ1n) is 6.64. The Morgan fingerprint density at radius 3 is 2.29 bits per heavy atom. The zero-order chi connectivity index (χ0) is 15.5. The first-order chi connectivity index (χ1) is 9.89. The highest BCUT2D eigenvalue weighted by Crippen LogP contribution is 2.23. The van der Waals surface area contributed by atoms with Crippen molar-refractivity contribution in [3.63, 3.8) is 0 Å². The smallest absolute Gasteiger partial charge is 0.216 e. The minimum absolute atomic E-state index is 0.0416. The van der Waals surface area contributed by atoms with Crippen molar-refractivity contribution < 1.29 is 13.5 Å². The van der Waals surface area contributed by atoms with Crippen LogP contribution >= 0.6 is 11.3 Å². The average molecular weight is 325 g/mol. The lowest BCUT2D eigenvalue weighted by Gasteiger charge is -2.13. The van der Waals surface area contributed by atoms with Gasteiger partial charge in [0.1, 0.15) is 0 Å². The second-order valence-electron chi connectivity index (χ2n) is 5.02. The molecule has 0 radical (unpaired) electrons. The molecule has 21 heavy (non-hydrogen) atoms. The lowest BCUT2D eigenvalue weighted by Crippen LogP contribution is -2.27. The second-order valence-corrected chi connectivity index (χ2v) is 8.10. The number of aliphatic hydroxyl groups excluding tert-OH is 1. The quantitative estimate of drug-likeness (QED) is 0.858. The summed E-state index contributed by atoms with van der Waals surface area (Å²) in [7, 11) is -3.40. The molecule has 1 heterocycles. The summed E-state index contributed by atoms with van der Waals surface area (Å²) in [4.78, 5) is 2.17. The molecule has 0 aliphatic rings. The molecule has 1 unspecified atom stereocenters. The molecule has 1 aromatic carbocycles. The van der Waals surface area contributed by atoms with E-state index in [1.54, 1.807) is 35.6 Å². The van der Waals surface area contributed by atoms with E-state index in [-0.39, 0.29) is 18.4 Å². The van der Waals surface area contributed by atoms with Crippen molar-refractivity contribution >= 4 is 21.4 Å². The molecule has 2 aromatic rings. The summed E-state index contributed by atoms with van der Waals surface area (Å²) in [6, 6.07) is 10.6. The van der Waals surface area contributed by atoms with Gasteiger partial charge in [0.25, 0.3) is 0 Å². The molecule has 0 bridgehead atoms. The van der Waals surface area contributed by atoms with Gasteiger partial charge in [0.15, 0.2) is 0 Å². The van der Waals surface area contributed by atoms with E-state index in [9.17, 15) is 8.42 Å². The molecule has 0 saturated heterocycles. The van der Waals surface area contributed by atoms with E-state index in [2.05, 4.69) is 4.72 Å². The third-order valence-electron chi connectivity index (χ3n) is 3.11. The monoisotopic (exact) mass is 325 g/mol. The van der Waals surface area contributed by atoms with Crippen molar-refractivity contribution in [3.8, 4) is 0 Å². The van der Waals surface area contributed by atoms with Crippen LogP contribution < -0.4 is 4.72 Å². The molecule has 1 atom stereocenters. The lowest BCUT2D eigenvalue weighted by molar-refractivity contribution is 0.282. The molecule has 0 amide bonds. The maximum Gasteiger partial charge on any atom is 0.216 e. The third-order valence-corrected chi connectivity index (χ3v) is 5.72. The van der Waals surface area contributed by atoms with Crippen LogP contribution in [0, 0.1) is 6.92 Å². The molecule has 0 spiro atoms. The van der Waals surface area contributed by atoms with Crippen molar-refractivity contribution in [2.75, 3.05) is 0 Å². The van der Waals surface area contributed by atoms with Crippen molar-refractivity contribution in [1.29, 1.82) is 0 Å². The first kappa shape index (κ1) is 16.2. The Bertz CT molecular complexity index is 690. The number of thiophene rings is 1. The van der Waals surface area contributed by atoms with Crippen LogP contribution in [0.5, 0.6) is 0 Å². The summed E-state index contributed by atoms with van der Waals surface area (Å²) >= 11 is 1.59. The van der Waals surface area contributed by atoms with E-state index >= 15 is 0 Å². The fraction of sp³-hybridized carbons (Fsp3) is 0.333. The van der Waals surface area contributed by atoms with Crippen LogP contribution in [0.3, 0.4) is 0 Å². The molecule has 0 fully saturated rings. The van der Waals surface area contributed by atoms with Crippen LogP contribution in [0.2, 0.25) is 0 Å². The average Bonchev–Trinajstić information content (AvgIpc) is 2.85. The Labute approximate surface area is 129 Å². The molecular weight excluding hydrogens is 306 g/mol. The Morgan fingerprint density at radius 1 is 1.14 bits per heavy atom. The number of aliphatic hydroxyl groups is 1. The van der Waals surface area contributed by atoms with Gasteiger partial charge in [-0.15, -0.1) is 11.3 Å². The fourth-order valence-electron chi connectivity index (χ4n) is 2.02. The van der Waals surface area contributed by atoms with Crippen molar-refractivity contribution in [1.82, 2.24) is 4.72 Å². The highest BCUT2D eigenvalue weighted by atomic mass is 32.2. The van der Waals surface area contributed by atoms with Crippen LogP contribution in [0.4, 0.5) is 0 Å². The molecular formula is C15H19NO3S2. The van der Waals surface area contributed by atoms with Crippen LogP contribution in [0.15, 0.2) is 36.4 Å². The van der Waals surface area contributed by atoms with E-state index in [1.165, 1.54) is 0 Å². The molecule has 1 aromatic heterocycles. The largest absolute Gasteiger partial charge is 0.392 e. The zero-order valence-electron chi connectivity index (χ0n) is 12.0. The van der Waals surface area contributed by atoms with Gasteiger partial charge < -0.3 is 5.11 Å². The molecule has 4 nitrogen and oxygen atoms in total. The Kier molecular flexibility index (Phi) is 5.16. The van der Waals surface area contributed by atoms with Gasteiger partial charge in [-0.3, -0.25) is 0 Å². The van der Waals surface area contributed by atoms with Crippen LogP contribution in [0.1, 0.15) is 33.8 Å². The lowest BCUT2D eigenvalue weighted by atomic mass is 10.2. The van der Waals surface area contributed by atoms with E-state index in [0.717, 1.165) is 15.3 Å². The van der Waals surface area contributed by atoms with Gasteiger partial charge in [0.2, 0.25) is 10.0 Å². The highest BCUT2D eigenvalue weighted by molar-refractivity contribution is 7.88. The van der Waals surface area contributed by atoms with E-state index < -0.39 is 10.0 Å². The fourth-order valence-corrected chi connectivity index (χ4v) is 4.35. The summed E-state index contributed by atoms with van der Waals surface area (Å²) < 4.78 is 27.1. The van der Waals surface area contributed by atoms with Gasteiger partial charge >= 0.3 is 0 Å². The normalized spacial score (nSPS) is 13.3. The standard InChI is InChI=1S/C15H19NO3S2/c1-11-3-8-15(20-11)12(2)16-21(18,19)10-14-6-4-13(9-17)5-7-14/h3-8,12,16-17H,9-10H2,1-2H3. The molecule has 114 valence electrons. The molecule has 6 heteroatoms. The Morgan fingerprint density at radius 2 is 1.76 bits per heavy atom. The van der Waals surface area contributed by atoms with Crippen molar-refractivity contribution in [2.45, 2.75) is 32.2 Å². The number of hydrogen-bond donors (Lipinski definition) is 2. The molecule has 2 N–H and O–H groups in total. The van der Waals surface area contributed by atoms with Crippen LogP contribution in [0.25, 0.3) is 0 Å². The highest BCUT2D eigenvalue weighted by Gasteiger charge is 2.17. The number of benzene rings is 1. The van der Waals surface area contributed by atoms with Crippen LogP contribution in [-0.2, 0) is 22.4 Å². The van der Waals surface area contributed by atoms with Gasteiger partial charge in [-0.2, -0.15) is 0 Å². The summed E-state index contributed by atoms with van der Waals surface area (Å²) in [5.41, 5.74) is 1.47. The van der Waals surface area contributed by atoms with E-state index in [4.69, 9.17) is 5.11 Å². The third kappa shape index (κ3) is 4.64. The summed E-state index contributed by atoms with van der Waals surface area (Å²) in [5.74, 6) is -0.0621. The maximum absolute atomic E-state index is 12.2. The Balaban J connectivity index is 2.04. The topological polar surface area (TPSA) is 66.4 Å². The maximum atomic E-state index is 12.2. The number of sulfonamides is 1. The molecule has 0 aliphatic heterocycles. The predicted octanol–water partition coefficient (Wildman–Crippen LogP) is 2.73. The van der Waals surface area contributed by atoms with Crippen molar-refractivity contribution in [2.24, 2.45) is 0 Å². The number of aryl methyl sites for hydroxylation is 1.